The van der Waals surface area contributed by atoms with Gasteiger partial charge in [-0.25, -0.2) is 0 Å². The normalized spacial score (nSPS) is 20.3. The van der Waals surface area contributed by atoms with E-state index in [1.54, 1.807) is 6.92 Å². The van der Waals surface area contributed by atoms with E-state index in [1.807, 2.05) is 20.8 Å². The fraction of sp³-hybridized carbons (Fsp3) is 0.917. The van der Waals surface area contributed by atoms with Crippen molar-refractivity contribution >= 4 is 5.97 Å². The Morgan fingerprint density at radius 3 is 2.44 bits per heavy atom. The summed E-state index contributed by atoms with van der Waals surface area (Å²) in [5, 5.41) is 12.3. The Morgan fingerprint density at radius 1 is 1.50 bits per heavy atom. The Bertz CT molecular complexity index is 253. The summed E-state index contributed by atoms with van der Waals surface area (Å²) >= 11 is 0. The Hall–Kier alpha value is -0.610. The van der Waals surface area contributed by atoms with Crippen molar-refractivity contribution in [1.29, 1.82) is 0 Å². The Balaban J connectivity index is 2.29. The molecule has 0 aromatic heterocycles. The highest BCUT2D eigenvalue weighted by Crippen LogP contribution is 2.44. The van der Waals surface area contributed by atoms with Crippen LogP contribution < -0.4 is 5.32 Å². The van der Waals surface area contributed by atoms with Crippen LogP contribution in [0.25, 0.3) is 0 Å². The van der Waals surface area contributed by atoms with E-state index in [1.165, 1.54) is 0 Å². The Morgan fingerprint density at radius 2 is 2.06 bits per heavy atom. The SMILES string of the molecule is CC(NCC1(CO)CC1)C(=O)OC(C)(C)C. The lowest BCUT2D eigenvalue weighted by Crippen LogP contribution is -2.42. The number of hydrogen-bond acceptors (Lipinski definition) is 4. The zero-order chi connectivity index (χ0) is 12.4. The fourth-order valence-electron chi connectivity index (χ4n) is 1.41. The molecule has 0 aromatic carbocycles. The second-order valence-corrected chi connectivity index (χ2v) is 5.79. The lowest BCUT2D eigenvalue weighted by Gasteiger charge is -2.23. The molecule has 1 atom stereocenters. The van der Waals surface area contributed by atoms with E-state index in [2.05, 4.69) is 5.32 Å². The van der Waals surface area contributed by atoms with Gasteiger partial charge < -0.3 is 15.2 Å². The van der Waals surface area contributed by atoms with Crippen molar-refractivity contribution in [2.24, 2.45) is 5.41 Å². The van der Waals surface area contributed by atoms with Crippen LogP contribution in [0, 0.1) is 5.41 Å². The van der Waals surface area contributed by atoms with Crippen molar-refractivity contribution in [3.8, 4) is 0 Å². The third kappa shape index (κ3) is 4.10. The van der Waals surface area contributed by atoms with E-state index < -0.39 is 5.60 Å². The molecule has 0 saturated heterocycles. The maximum Gasteiger partial charge on any atom is 0.323 e. The van der Waals surface area contributed by atoms with Gasteiger partial charge in [-0.2, -0.15) is 0 Å². The molecule has 0 bridgehead atoms. The maximum absolute atomic E-state index is 11.6. The van der Waals surface area contributed by atoms with Crippen LogP contribution in [0.1, 0.15) is 40.5 Å². The Labute approximate surface area is 97.4 Å². The topological polar surface area (TPSA) is 58.6 Å². The largest absolute Gasteiger partial charge is 0.459 e. The van der Waals surface area contributed by atoms with E-state index in [0.29, 0.717) is 6.54 Å². The van der Waals surface area contributed by atoms with Crippen LogP contribution in [-0.2, 0) is 9.53 Å². The van der Waals surface area contributed by atoms with Crippen molar-refractivity contribution in [2.45, 2.75) is 52.2 Å². The Kier molecular flexibility index (Phi) is 3.97. The molecule has 0 aromatic rings. The molecular weight excluding hydrogens is 206 g/mol. The molecule has 4 heteroatoms. The van der Waals surface area contributed by atoms with Gasteiger partial charge in [-0.15, -0.1) is 0 Å². The molecule has 1 aliphatic rings. The second kappa shape index (κ2) is 4.72. The van der Waals surface area contributed by atoms with Crippen LogP contribution in [-0.4, -0.2) is 35.9 Å². The lowest BCUT2D eigenvalue weighted by molar-refractivity contribution is -0.157. The van der Waals surface area contributed by atoms with Gasteiger partial charge in [-0.05, 0) is 40.5 Å². The summed E-state index contributed by atoms with van der Waals surface area (Å²) in [5.41, 5.74) is -0.419. The summed E-state index contributed by atoms with van der Waals surface area (Å²) < 4.78 is 5.25. The van der Waals surface area contributed by atoms with Gasteiger partial charge in [0.25, 0.3) is 0 Å². The number of aliphatic hydroxyl groups is 1. The number of carbonyl (C=O) groups excluding carboxylic acids is 1. The number of rotatable bonds is 5. The number of esters is 1. The first-order valence-electron chi connectivity index (χ1n) is 5.85. The average molecular weight is 229 g/mol. The number of nitrogens with one attached hydrogen (secondary N) is 1. The minimum atomic E-state index is -0.443. The summed E-state index contributed by atoms with van der Waals surface area (Å²) in [7, 11) is 0. The first kappa shape index (κ1) is 13.5. The van der Waals surface area contributed by atoms with E-state index in [0.717, 1.165) is 12.8 Å². The van der Waals surface area contributed by atoms with Crippen molar-refractivity contribution in [2.75, 3.05) is 13.2 Å². The molecule has 16 heavy (non-hydrogen) atoms. The van der Waals surface area contributed by atoms with Crippen LogP contribution in [0.15, 0.2) is 0 Å². The van der Waals surface area contributed by atoms with Crippen molar-refractivity contribution in [3.05, 3.63) is 0 Å². The molecule has 1 unspecified atom stereocenters. The van der Waals surface area contributed by atoms with Gasteiger partial charge in [-0.1, -0.05) is 0 Å². The third-order valence-electron chi connectivity index (χ3n) is 2.84. The second-order valence-electron chi connectivity index (χ2n) is 5.79. The standard InChI is InChI=1S/C12H23NO3/c1-9(10(15)16-11(2,3)4)13-7-12(8-14)5-6-12/h9,13-14H,5-8H2,1-4H3. The van der Waals surface area contributed by atoms with Gasteiger partial charge in [0.2, 0.25) is 0 Å². The lowest BCUT2D eigenvalue weighted by atomic mass is 10.1. The van der Waals surface area contributed by atoms with Crippen LogP contribution in [0.3, 0.4) is 0 Å². The molecule has 0 heterocycles. The summed E-state index contributed by atoms with van der Waals surface area (Å²) in [4.78, 5) is 11.6. The van der Waals surface area contributed by atoms with E-state index in [9.17, 15) is 4.79 Å². The van der Waals surface area contributed by atoms with Gasteiger partial charge in [0.05, 0.1) is 0 Å². The predicted octanol–water partition coefficient (Wildman–Crippen LogP) is 1.08. The molecule has 94 valence electrons. The highest BCUT2D eigenvalue weighted by molar-refractivity contribution is 5.75. The maximum atomic E-state index is 11.6. The van der Waals surface area contributed by atoms with Crippen molar-refractivity contribution in [3.63, 3.8) is 0 Å². The monoisotopic (exact) mass is 229 g/mol. The quantitative estimate of drug-likeness (QED) is 0.693. The van der Waals surface area contributed by atoms with E-state index in [-0.39, 0.29) is 24.0 Å². The summed E-state index contributed by atoms with van der Waals surface area (Å²) in [6.07, 6.45) is 2.08. The average Bonchev–Trinajstić information content (AvgIpc) is 2.92. The van der Waals surface area contributed by atoms with Crippen LogP contribution in [0.4, 0.5) is 0 Å². The van der Waals surface area contributed by atoms with Gasteiger partial charge in [-0.3, -0.25) is 4.79 Å². The molecular formula is C12H23NO3. The molecule has 1 aliphatic carbocycles. The zero-order valence-electron chi connectivity index (χ0n) is 10.7. The summed E-state index contributed by atoms with van der Waals surface area (Å²) in [5.74, 6) is -0.235. The number of carbonyl (C=O) groups is 1. The van der Waals surface area contributed by atoms with E-state index >= 15 is 0 Å². The third-order valence-corrected chi connectivity index (χ3v) is 2.84. The highest BCUT2D eigenvalue weighted by atomic mass is 16.6. The number of hydrogen-bond donors (Lipinski definition) is 2. The van der Waals surface area contributed by atoms with Gasteiger partial charge in [0.1, 0.15) is 11.6 Å². The smallest absolute Gasteiger partial charge is 0.323 e. The molecule has 0 aliphatic heterocycles. The van der Waals surface area contributed by atoms with Crippen LogP contribution in [0.5, 0.6) is 0 Å². The first-order valence-corrected chi connectivity index (χ1v) is 5.85. The predicted molar refractivity (Wildman–Crippen MR) is 62.1 cm³/mol. The van der Waals surface area contributed by atoms with Crippen molar-refractivity contribution in [1.82, 2.24) is 5.32 Å². The molecule has 0 amide bonds. The first-order chi connectivity index (χ1) is 7.28. The van der Waals surface area contributed by atoms with Crippen molar-refractivity contribution < 1.29 is 14.6 Å². The number of aliphatic hydroxyl groups excluding tert-OH is 1. The minimum absolute atomic E-state index is 0.0241. The molecule has 4 nitrogen and oxygen atoms in total. The molecule has 1 saturated carbocycles. The van der Waals surface area contributed by atoms with Gasteiger partial charge in [0.15, 0.2) is 0 Å². The van der Waals surface area contributed by atoms with Gasteiger partial charge >= 0.3 is 5.97 Å². The van der Waals surface area contributed by atoms with Crippen LogP contribution >= 0.6 is 0 Å². The molecule has 0 radical (unpaired) electrons. The number of ether oxygens (including phenoxy) is 1. The van der Waals surface area contributed by atoms with Crippen LogP contribution in [0.2, 0.25) is 0 Å². The summed E-state index contributed by atoms with van der Waals surface area (Å²) in [6, 6.07) is -0.316. The molecule has 0 spiro atoms. The minimum Gasteiger partial charge on any atom is -0.459 e. The fourth-order valence-corrected chi connectivity index (χ4v) is 1.41. The van der Waals surface area contributed by atoms with E-state index in [4.69, 9.17) is 9.84 Å². The molecule has 2 N–H and O–H groups in total. The highest BCUT2D eigenvalue weighted by Gasteiger charge is 2.42. The summed E-state index contributed by atoms with van der Waals surface area (Å²) in [6.45, 7) is 8.24. The zero-order valence-corrected chi connectivity index (χ0v) is 10.7. The van der Waals surface area contributed by atoms with Gasteiger partial charge in [0, 0.05) is 18.6 Å². The molecule has 1 fully saturated rings. The molecule has 1 rings (SSSR count).